The van der Waals surface area contributed by atoms with Crippen molar-refractivity contribution in [2.75, 3.05) is 5.73 Å². The van der Waals surface area contributed by atoms with Crippen LogP contribution in [0.2, 0.25) is 15.8 Å². The van der Waals surface area contributed by atoms with Crippen molar-refractivity contribution in [1.82, 2.24) is 0 Å². The normalized spacial score (nSPS) is 11.4. The van der Waals surface area contributed by atoms with Crippen molar-refractivity contribution >= 4 is 23.3 Å². The van der Waals surface area contributed by atoms with Gasteiger partial charge >= 0.3 is 139 Å². The van der Waals surface area contributed by atoms with E-state index in [1.165, 1.54) is 58.7 Å². The van der Waals surface area contributed by atoms with E-state index in [1.807, 2.05) is 12.1 Å². The summed E-state index contributed by atoms with van der Waals surface area (Å²) in [6.45, 7) is 6.84. The molecule has 0 aliphatic heterocycles. The molecule has 3 heteroatoms. The number of anilines is 1. The Balaban J connectivity index is 3.27. The zero-order chi connectivity index (χ0) is 16.4. The Kier molecular flexibility index (Phi) is 8.64. The van der Waals surface area contributed by atoms with Gasteiger partial charge in [0.05, 0.1) is 0 Å². The third kappa shape index (κ3) is 5.05. The fourth-order valence-electron chi connectivity index (χ4n) is 3.41. The van der Waals surface area contributed by atoms with E-state index in [9.17, 15) is 5.26 Å². The number of benzene rings is 1. The number of hydrogen-bond acceptors (Lipinski definition) is 2. The van der Waals surface area contributed by atoms with E-state index in [0.717, 1.165) is 11.3 Å². The molecule has 0 aliphatic carbocycles. The number of nitrogens with two attached hydrogens (primary N) is 1. The Bertz CT molecular complexity index is 469. The van der Waals surface area contributed by atoms with Gasteiger partial charge in [0.1, 0.15) is 0 Å². The Morgan fingerprint density at radius 1 is 0.955 bits per heavy atom. The molecule has 0 bridgehead atoms. The third-order valence-corrected chi connectivity index (χ3v) is 16.3. The van der Waals surface area contributed by atoms with Gasteiger partial charge in [0.2, 0.25) is 0 Å². The van der Waals surface area contributed by atoms with Crippen LogP contribution in [0.15, 0.2) is 18.2 Å². The van der Waals surface area contributed by atoms with Gasteiger partial charge < -0.3 is 0 Å². The van der Waals surface area contributed by atoms with Crippen LogP contribution in [0.1, 0.15) is 64.9 Å². The van der Waals surface area contributed by atoms with Crippen molar-refractivity contribution in [3.8, 4) is 6.07 Å². The van der Waals surface area contributed by atoms with Crippen LogP contribution in [0.4, 0.5) is 5.69 Å². The second-order valence-electron chi connectivity index (χ2n) is 6.50. The van der Waals surface area contributed by atoms with Gasteiger partial charge in [-0.1, -0.05) is 0 Å². The molecule has 0 radical (unpaired) electrons. The quantitative estimate of drug-likeness (QED) is 0.460. The van der Waals surface area contributed by atoms with Crippen molar-refractivity contribution < 1.29 is 0 Å². The summed E-state index contributed by atoms with van der Waals surface area (Å²) in [6.07, 6.45) is 7.69. The van der Waals surface area contributed by atoms with Gasteiger partial charge in [-0.3, -0.25) is 0 Å². The van der Waals surface area contributed by atoms with Crippen LogP contribution in [0.3, 0.4) is 0 Å². The van der Waals surface area contributed by atoms with E-state index in [4.69, 9.17) is 5.73 Å². The zero-order valence-electron chi connectivity index (χ0n) is 14.6. The number of nitrogen functional groups attached to an aromatic ring is 1. The molecule has 0 saturated heterocycles. The molecule has 0 aliphatic rings. The van der Waals surface area contributed by atoms with Crippen LogP contribution in [0, 0.1) is 11.3 Å². The molecule has 2 N–H and O–H groups in total. The summed E-state index contributed by atoms with van der Waals surface area (Å²) < 4.78 is 1.41. The van der Waals surface area contributed by atoms with Crippen LogP contribution in [-0.4, -0.2) is 13.3 Å². The van der Waals surface area contributed by atoms with Gasteiger partial charge in [-0.2, -0.15) is 0 Å². The van der Waals surface area contributed by atoms with Crippen molar-refractivity contribution in [3.05, 3.63) is 23.8 Å². The summed E-state index contributed by atoms with van der Waals surface area (Å²) in [5, 5.41) is 13.4. The fourth-order valence-corrected chi connectivity index (χ4v) is 15.6. The minimum atomic E-state index is -2.22. The van der Waals surface area contributed by atoms with Gasteiger partial charge in [0, 0.05) is 0 Å². The van der Waals surface area contributed by atoms with Gasteiger partial charge in [0.15, 0.2) is 0 Å². The van der Waals surface area contributed by atoms with E-state index in [2.05, 4.69) is 32.9 Å². The molecule has 2 nitrogen and oxygen atoms in total. The molecule has 0 atom stereocenters. The number of nitriles is 1. The number of unbranched alkanes of at least 4 members (excludes halogenated alkanes) is 3. The molecule has 0 unspecified atom stereocenters. The molecular weight excluding hydrogens is 329 g/mol. The van der Waals surface area contributed by atoms with Crippen LogP contribution in [-0.2, 0) is 0 Å². The first-order valence-electron chi connectivity index (χ1n) is 8.93. The van der Waals surface area contributed by atoms with E-state index >= 15 is 0 Å². The summed E-state index contributed by atoms with van der Waals surface area (Å²) >= 11 is -2.22. The predicted octanol–water partition coefficient (Wildman–Crippen LogP) is 5.20. The molecule has 122 valence electrons. The van der Waals surface area contributed by atoms with Gasteiger partial charge in [0.25, 0.3) is 0 Å². The van der Waals surface area contributed by atoms with Crippen LogP contribution < -0.4 is 10.1 Å². The second kappa shape index (κ2) is 9.95. The van der Waals surface area contributed by atoms with Gasteiger partial charge in [-0.25, -0.2) is 0 Å². The molecule has 1 rings (SSSR count). The maximum atomic E-state index is 9.28. The van der Waals surface area contributed by atoms with E-state index in [-0.39, 0.29) is 0 Å². The van der Waals surface area contributed by atoms with E-state index in [1.54, 1.807) is 0 Å². The Labute approximate surface area is 139 Å². The molecular formula is C19H32GeN2. The molecule has 0 fully saturated rings. The molecule has 1 aromatic carbocycles. The first kappa shape index (κ1) is 19.1. The first-order valence-corrected chi connectivity index (χ1v) is 14.4. The fraction of sp³-hybridized carbons (Fsp3) is 0.632. The van der Waals surface area contributed by atoms with E-state index in [0.29, 0.717) is 0 Å². The van der Waals surface area contributed by atoms with Gasteiger partial charge in [-0.15, -0.1) is 0 Å². The third-order valence-electron chi connectivity index (χ3n) is 4.78. The second-order valence-corrected chi connectivity index (χ2v) is 16.2. The van der Waals surface area contributed by atoms with Crippen molar-refractivity contribution in [2.24, 2.45) is 0 Å². The summed E-state index contributed by atoms with van der Waals surface area (Å²) in [7, 11) is 0. The van der Waals surface area contributed by atoms with Gasteiger partial charge in [-0.05, 0) is 0 Å². The van der Waals surface area contributed by atoms with Crippen molar-refractivity contribution in [1.29, 1.82) is 5.26 Å². The average Bonchev–Trinajstić information content (AvgIpc) is 2.55. The number of hydrogen-bond donors (Lipinski definition) is 1. The Morgan fingerprint density at radius 3 is 1.86 bits per heavy atom. The Morgan fingerprint density at radius 2 is 1.45 bits per heavy atom. The summed E-state index contributed by atoms with van der Waals surface area (Å²) in [4.78, 5) is 0. The maximum absolute atomic E-state index is 9.28. The topological polar surface area (TPSA) is 49.8 Å². The molecule has 22 heavy (non-hydrogen) atoms. The summed E-state index contributed by atoms with van der Waals surface area (Å²) in [5.74, 6) is 0. The number of nitrogens with zero attached hydrogens (tertiary/aromatic N) is 1. The molecule has 0 saturated carbocycles. The standard InChI is InChI=1S/C19H32GeN2/c1-4-7-12-20(13-8-5-2,14-9-6-3)18-15-17(16-21)10-11-19(18)22/h10-11,15H,4-9,12-14,22H2,1-3H3. The Hall–Kier alpha value is -0.947. The molecule has 0 aromatic heterocycles. The van der Waals surface area contributed by atoms with Crippen LogP contribution in [0.5, 0.6) is 0 Å². The molecule has 0 amide bonds. The molecule has 0 spiro atoms. The summed E-state index contributed by atoms with van der Waals surface area (Å²) in [6, 6.07) is 8.28. The molecule has 0 heterocycles. The van der Waals surface area contributed by atoms with Crippen LogP contribution >= 0.6 is 0 Å². The predicted molar refractivity (Wildman–Crippen MR) is 100 cm³/mol. The van der Waals surface area contributed by atoms with Crippen molar-refractivity contribution in [2.45, 2.75) is 75.1 Å². The van der Waals surface area contributed by atoms with E-state index < -0.39 is 13.3 Å². The van der Waals surface area contributed by atoms with Crippen LogP contribution in [0.25, 0.3) is 0 Å². The average molecular weight is 361 g/mol. The number of rotatable bonds is 10. The zero-order valence-corrected chi connectivity index (χ0v) is 16.7. The summed E-state index contributed by atoms with van der Waals surface area (Å²) in [5.41, 5.74) is 8.11. The first-order chi connectivity index (χ1) is 10.6. The molecule has 1 aromatic rings. The SMILES string of the molecule is CCC[CH2][Ge]([CH2]CCC)([CH2]CCC)[c]1cc(C#N)ccc1N. The minimum absolute atomic E-state index is 0.781. The van der Waals surface area contributed by atoms with Crippen molar-refractivity contribution in [3.63, 3.8) is 0 Å². The monoisotopic (exact) mass is 362 g/mol.